The summed E-state index contributed by atoms with van der Waals surface area (Å²) in [6.07, 6.45) is 0. The van der Waals surface area contributed by atoms with Gasteiger partial charge in [0.2, 0.25) is 0 Å². The molecule has 0 radical (unpaired) electrons. The van der Waals surface area contributed by atoms with Crippen molar-refractivity contribution in [3.63, 3.8) is 0 Å². The standard InChI is InChI=1S/C14H11FO3/c1-18-13-4-2-3-9(8-13)10-5-11(14(16)17)7-12(15)6-10/h2-8H,1H3,(H,16,17). The van der Waals surface area contributed by atoms with Gasteiger partial charge in [0.25, 0.3) is 0 Å². The fraction of sp³-hybridized carbons (Fsp3) is 0.0714. The Morgan fingerprint density at radius 3 is 2.61 bits per heavy atom. The number of hydrogen-bond acceptors (Lipinski definition) is 2. The van der Waals surface area contributed by atoms with Gasteiger partial charge in [0.15, 0.2) is 0 Å². The largest absolute Gasteiger partial charge is 0.497 e. The summed E-state index contributed by atoms with van der Waals surface area (Å²) < 4.78 is 18.4. The Bertz CT molecular complexity index is 593. The summed E-state index contributed by atoms with van der Waals surface area (Å²) in [5.41, 5.74) is 1.13. The first kappa shape index (κ1) is 12.1. The molecule has 18 heavy (non-hydrogen) atoms. The van der Waals surface area contributed by atoms with E-state index in [0.717, 1.165) is 6.07 Å². The number of methoxy groups -OCH3 is 1. The van der Waals surface area contributed by atoms with Crippen molar-refractivity contribution in [2.75, 3.05) is 7.11 Å². The van der Waals surface area contributed by atoms with Gasteiger partial charge in [0.05, 0.1) is 12.7 Å². The van der Waals surface area contributed by atoms with Crippen LogP contribution in [0.3, 0.4) is 0 Å². The lowest BCUT2D eigenvalue weighted by Gasteiger charge is -2.06. The number of rotatable bonds is 3. The molecule has 0 aliphatic carbocycles. The summed E-state index contributed by atoms with van der Waals surface area (Å²) in [6, 6.07) is 10.7. The Balaban J connectivity index is 2.52. The molecular weight excluding hydrogens is 235 g/mol. The first-order valence-corrected chi connectivity index (χ1v) is 5.28. The minimum Gasteiger partial charge on any atom is -0.497 e. The van der Waals surface area contributed by atoms with Crippen LogP contribution in [-0.4, -0.2) is 18.2 Å². The molecule has 4 heteroatoms. The van der Waals surface area contributed by atoms with Crippen molar-refractivity contribution in [1.82, 2.24) is 0 Å². The maximum absolute atomic E-state index is 13.4. The Hall–Kier alpha value is -2.36. The van der Waals surface area contributed by atoms with E-state index < -0.39 is 11.8 Å². The second-order valence-corrected chi connectivity index (χ2v) is 3.77. The van der Waals surface area contributed by atoms with Gasteiger partial charge in [-0.2, -0.15) is 0 Å². The molecular formula is C14H11FO3. The van der Waals surface area contributed by atoms with E-state index in [-0.39, 0.29) is 5.56 Å². The van der Waals surface area contributed by atoms with E-state index in [4.69, 9.17) is 9.84 Å². The van der Waals surface area contributed by atoms with Gasteiger partial charge in [-0.1, -0.05) is 12.1 Å². The highest BCUT2D eigenvalue weighted by atomic mass is 19.1. The number of carbonyl (C=O) groups is 1. The maximum Gasteiger partial charge on any atom is 0.335 e. The van der Waals surface area contributed by atoms with Gasteiger partial charge in [0.1, 0.15) is 11.6 Å². The summed E-state index contributed by atoms with van der Waals surface area (Å²) in [7, 11) is 1.54. The van der Waals surface area contributed by atoms with Crippen molar-refractivity contribution in [3.8, 4) is 16.9 Å². The molecule has 2 rings (SSSR count). The van der Waals surface area contributed by atoms with Crippen molar-refractivity contribution in [3.05, 3.63) is 53.8 Å². The number of aromatic carboxylic acids is 1. The minimum absolute atomic E-state index is 0.0761. The topological polar surface area (TPSA) is 46.5 Å². The van der Waals surface area contributed by atoms with E-state index in [1.54, 1.807) is 24.3 Å². The van der Waals surface area contributed by atoms with Crippen LogP contribution in [0.25, 0.3) is 11.1 Å². The molecule has 2 aromatic rings. The Kier molecular flexibility index (Phi) is 3.28. The number of halogens is 1. The molecule has 0 aliphatic rings. The lowest BCUT2D eigenvalue weighted by molar-refractivity contribution is 0.0696. The fourth-order valence-electron chi connectivity index (χ4n) is 1.68. The highest BCUT2D eigenvalue weighted by molar-refractivity contribution is 5.89. The number of ether oxygens (including phenoxy) is 1. The molecule has 0 saturated carbocycles. The molecule has 0 aliphatic heterocycles. The number of carboxylic acids is 1. The fourth-order valence-corrected chi connectivity index (χ4v) is 1.68. The molecule has 0 amide bonds. The van der Waals surface area contributed by atoms with E-state index >= 15 is 0 Å². The monoisotopic (exact) mass is 246 g/mol. The number of benzene rings is 2. The normalized spacial score (nSPS) is 10.1. The van der Waals surface area contributed by atoms with Crippen LogP contribution < -0.4 is 4.74 Å². The number of carboxylic acid groups (broad SMARTS) is 1. The lowest BCUT2D eigenvalue weighted by Crippen LogP contribution is -1.97. The zero-order chi connectivity index (χ0) is 13.1. The summed E-state index contributed by atoms with van der Waals surface area (Å²) in [5.74, 6) is -1.10. The quantitative estimate of drug-likeness (QED) is 0.904. The van der Waals surface area contributed by atoms with Crippen LogP contribution in [0.2, 0.25) is 0 Å². The van der Waals surface area contributed by atoms with Crippen LogP contribution >= 0.6 is 0 Å². The van der Waals surface area contributed by atoms with Gasteiger partial charge in [-0.3, -0.25) is 0 Å². The Morgan fingerprint density at radius 1 is 1.17 bits per heavy atom. The summed E-state index contributed by atoms with van der Waals surface area (Å²) in [4.78, 5) is 10.9. The molecule has 3 nitrogen and oxygen atoms in total. The van der Waals surface area contributed by atoms with Gasteiger partial charge in [-0.05, 0) is 41.5 Å². The van der Waals surface area contributed by atoms with Gasteiger partial charge >= 0.3 is 5.97 Å². The molecule has 0 aromatic heterocycles. The third-order valence-corrected chi connectivity index (χ3v) is 2.55. The molecule has 0 heterocycles. The predicted molar refractivity (Wildman–Crippen MR) is 65.3 cm³/mol. The minimum atomic E-state index is -1.15. The average molecular weight is 246 g/mol. The molecule has 0 fully saturated rings. The average Bonchev–Trinajstić information content (AvgIpc) is 2.38. The molecule has 92 valence electrons. The zero-order valence-electron chi connectivity index (χ0n) is 9.68. The SMILES string of the molecule is COc1cccc(-c2cc(F)cc(C(=O)O)c2)c1. The van der Waals surface area contributed by atoms with E-state index in [1.165, 1.54) is 19.2 Å². The summed E-state index contributed by atoms with van der Waals surface area (Å²) in [5, 5.41) is 8.89. The smallest absolute Gasteiger partial charge is 0.335 e. The van der Waals surface area contributed by atoms with Crippen LogP contribution in [-0.2, 0) is 0 Å². The van der Waals surface area contributed by atoms with Gasteiger partial charge < -0.3 is 9.84 Å². The molecule has 0 atom stereocenters. The molecule has 0 saturated heterocycles. The molecule has 1 N–H and O–H groups in total. The number of hydrogen-bond donors (Lipinski definition) is 1. The molecule has 2 aromatic carbocycles. The zero-order valence-corrected chi connectivity index (χ0v) is 9.68. The van der Waals surface area contributed by atoms with Crippen molar-refractivity contribution in [2.24, 2.45) is 0 Å². The van der Waals surface area contributed by atoms with E-state index in [1.807, 2.05) is 0 Å². The second-order valence-electron chi connectivity index (χ2n) is 3.77. The Labute approximate surface area is 103 Å². The lowest BCUT2D eigenvalue weighted by atomic mass is 10.0. The van der Waals surface area contributed by atoms with Crippen molar-refractivity contribution >= 4 is 5.97 Å². The Morgan fingerprint density at radius 2 is 1.94 bits per heavy atom. The summed E-state index contributed by atoms with van der Waals surface area (Å²) >= 11 is 0. The molecule has 0 unspecified atom stereocenters. The van der Waals surface area contributed by atoms with E-state index in [2.05, 4.69) is 0 Å². The molecule has 0 bridgehead atoms. The van der Waals surface area contributed by atoms with Crippen LogP contribution in [0.15, 0.2) is 42.5 Å². The van der Waals surface area contributed by atoms with Gasteiger partial charge in [0, 0.05) is 0 Å². The maximum atomic E-state index is 13.4. The predicted octanol–water partition coefficient (Wildman–Crippen LogP) is 3.20. The highest BCUT2D eigenvalue weighted by Gasteiger charge is 2.08. The van der Waals surface area contributed by atoms with Crippen LogP contribution in [0.4, 0.5) is 4.39 Å². The van der Waals surface area contributed by atoms with Gasteiger partial charge in [-0.15, -0.1) is 0 Å². The summed E-state index contributed by atoms with van der Waals surface area (Å²) in [6.45, 7) is 0. The first-order chi connectivity index (χ1) is 8.60. The third-order valence-electron chi connectivity index (χ3n) is 2.55. The van der Waals surface area contributed by atoms with Gasteiger partial charge in [-0.25, -0.2) is 9.18 Å². The van der Waals surface area contributed by atoms with Crippen molar-refractivity contribution < 1.29 is 19.0 Å². The van der Waals surface area contributed by atoms with Crippen LogP contribution in [0.5, 0.6) is 5.75 Å². The second kappa shape index (κ2) is 4.87. The molecule has 0 spiro atoms. The van der Waals surface area contributed by atoms with Crippen LogP contribution in [0, 0.1) is 5.82 Å². The third kappa shape index (κ3) is 2.48. The highest BCUT2D eigenvalue weighted by Crippen LogP contribution is 2.25. The van der Waals surface area contributed by atoms with Crippen molar-refractivity contribution in [2.45, 2.75) is 0 Å². The van der Waals surface area contributed by atoms with Crippen molar-refractivity contribution in [1.29, 1.82) is 0 Å². The van der Waals surface area contributed by atoms with E-state index in [9.17, 15) is 9.18 Å². The van der Waals surface area contributed by atoms with E-state index in [0.29, 0.717) is 16.9 Å². The van der Waals surface area contributed by atoms with Crippen LogP contribution in [0.1, 0.15) is 10.4 Å². The first-order valence-electron chi connectivity index (χ1n) is 5.28.